The molecule has 0 saturated heterocycles. The maximum absolute atomic E-state index is 13.8. The smallest absolute Gasteiger partial charge is 0.434 e. The molecule has 0 spiro atoms. The Hall–Kier alpha value is -2.58. The van der Waals surface area contributed by atoms with E-state index < -0.39 is 21.7 Å². The van der Waals surface area contributed by atoms with Crippen LogP contribution in [0.25, 0.3) is 22.3 Å². The van der Waals surface area contributed by atoms with Crippen LogP contribution in [-0.2, 0) is 16.0 Å². The number of methoxy groups -OCH3 is 1. The Morgan fingerprint density at radius 3 is 2.00 bits per heavy atom. The predicted octanol–water partition coefficient (Wildman–Crippen LogP) is 5.50. The molecule has 0 aliphatic rings. The highest BCUT2D eigenvalue weighted by atomic mass is 35.5. The Balaban J connectivity index is 2.33. The van der Waals surface area contributed by atoms with Crippen molar-refractivity contribution in [3.63, 3.8) is 0 Å². The van der Waals surface area contributed by atoms with Crippen LogP contribution < -0.4 is 4.74 Å². The lowest BCUT2D eigenvalue weighted by atomic mass is 9.93. The molecule has 1 heterocycles. The Morgan fingerprint density at radius 2 is 1.52 bits per heavy atom. The third-order valence-corrected chi connectivity index (χ3v) is 5.58. The molecular weight excluding hydrogens is 427 g/mol. The molecule has 29 heavy (non-hydrogen) atoms. The molecule has 0 radical (unpaired) electrons. The number of ether oxygens (including phenoxy) is 1. The zero-order valence-corrected chi connectivity index (χ0v) is 16.9. The fourth-order valence-corrected chi connectivity index (χ4v) is 3.61. The number of nitrogens with zero attached hydrogens (tertiary/aromatic N) is 1. The van der Waals surface area contributed by atoms with E-state index in [1.54, 1.807) is 0 Å². The van der Waals surface area contributed by atoms with Crippen LogP contribution in [0.4, 0.5) is 13.2 Å². The molecule has 0 aliphatic heterocycles. The summed E-state index contributed by atoms with van der Waals surface area (Å²) in [5.41, 5.74) is -0.414. The highest BCUT2D eigenvalue weighted by Gasteiger charge is 2.38. The van der Waals surface area contributed by atoms with Gasteiger partial charge in [-0.05, 0) is 41.0 Å². The van der Waals surface area contributed by atoms with Crippen LogP contribution in [0.15, 0.2) is 59.5 Å². The summed E-state index contributed by atoms with van der Waals surface area (Å²) in [5, 5.41) is 0.378. The fourth-order valence-electron chi connectivity index (χ4n) is 2.85. The van der Waals surface area contributed by atoms with Crippen molar-refractivity contribution in [1.29, 1.82) is 0 Å². The molecule has 3 rings (SSSR count). The van der Waals surface area contributed by atoms with Crippen molar-refractivity contribution in [3.05, 3.63) is 65.3 Å². The molecule has 0 bridgehead atoms. The van der Waals surface area contributed by atoms with Crippen molar-refractivity contribution in [2.24, 2.45) is 0 Å². The van der Waals surface area contributed by atoms with E-state index in [9.17, 15) is 21.6 Å². The minimum Gasteiger partial charge on any atom is -0.481 e. The number of rotatable bonds is 4. The van der Waals surface area contributed by atoms with E-state index in [2.05, 4.69) is 4.98 Å². The highest BCUT2D eigenvalue weighted by Crippen LogP contribution is 2.43. The number of alkyl halides is 3. The number of benzene rings is 2. The van der Waals surface area contributed by atoms with E-state index in [0.717, 1.165) is 6.26 Å². The summed E-state index contributed by atoms with van der Waals surface area (Å²) in [7, 11) is -2.22. The van der Waals surface area contributed by atoms with Gasteiger partial charge in [-0.1, -0.05) is 35.9 Å². The molecule has 0 amide bonds. The number of hydrogen-bond acceptors (Lipinski definition) is 4. The summed E-state index contributed by atoms with van der Waals surface area (Å²) in [6.07, 6.45) is -3.69. The average molecular weight is 442 g/mol. The van der Waals surface area contributed by atoms with Gasteiger partial charge in [0.05, 0.1) is 12.0 Å². The molecule has 0 N–H and O–H groups in total. The summed E-state index contributed by atoms with van der Waals surface area (Å²) in [4.78, 5) is 3.69. The quantitative estimate of drug-likeness (QED) is 0.536. The fraction of sp³-hybridized carbons (Fsp3) is 0.150. The number of sulfone groups is 1. The molecule has 0 unspecified atom stereocenters. The third kappa shape index (κ3) is 4.54. The molecule has 2 aromatic carbocycles. The van der Waals surface area contributed by atoms with Crippen molar-refractivity contribution in [1.82, 2.24) is 4.98 Å². The second kappa shape index (κ2) is 7.68. The van der Waals surface area contributed by atoms with Gasteiger partial charge in [-0.25, -0.2) is 13.4 Å². The average Bonchev–Trinajstić information content (AvgIpc) is 2.66. The van der Waals surface area contributed by atoms with Crippen LogP contribution in [0.3, 0.4) is 0 Å². The molecule has 9 heteroatoms. The summed E-state index contributed by atoms with van der Waals surface area (Å²) in [6.45, 7) is 0. The lowest BCUT2D eigenvalue weighted by molar-refractivity contribution is -0.140. The second-order valence-corrected chi connectivity index (χ2v) is 8.69. The lowest BCUT2D eigenvalue weighted by Gasteiger charge is -2.18. The number of halogens is 4. The van der Waals surface area contributed by atoms with E-state index in [1.807, 2.05) is 0 Å². The van der Waals surface area contributed by atoms with Gasteiger partial charge in [0.2, 0.25) is 5.88 Å². The Labute approximate surface area is 170 Å². The summed E-state index contributed by atoms with van der Waals surface area (Å²) >= 11 is 5.88. The molecule has 152 valence electrons. The van der Waals surface area contributed by atoms with Gasteiger partial charge in [-0.2, -0.15) is 13.2 Å². The second-order valence-electron chi connectivity index (χ2n) is 6.24. The van der Waals surface area contributed by atoms with Crippen LogP contribution >= 0.6 is 11.6 Å². The molecule has 0 fully saturated rings. The van der Waals surface area contributed by atoms with Crippen molar-refractivity contribution in [2.75, 3.05) is 13.4 Å². The van der Waals surface area contributed by atoms with Crippen LogP contribution in [0.5, 0.6) is 5.88 Å². The monoisotopic (exact) mass is 441 g/mol. The van der Waals surface area contributed by atoms with Crippen molar-refractivity contribution in [3.8, 4) is 28.1 Å². The Kier molecular flexibility index (Phi) is 5.60. The van der Waals surface area contributed by atoms with E-state index >= 15 is 0 Å². The first-order valence-electron chi connectivity index (χ1n) is 8.23. The van der Waals surface area contributed by atoms with Gasteiger partial charge in [0, 0.05) is 22.9 Å². The molecule has 4 nitrogen and oxygen atoms in total. The standard InChI is InChI=1S/C20H15ClF3NO3S/c1-28-17-11-16(12-5-9-15(10-6-12)29(2,26)27)18(19(25-17)20(22,23)24)13-3-7-14(21)8-4-13/h3-11H,1-2H3. The van der Waals surface area contributed by atoms with E-state index in [0.29, 0.717) is 10.6 Å². The molecule has 1 aromatic heterocycles. The van der Waals surface area contributed by atoms with E-state index in [1.165, 1.54) is 61.7 Å². The minimum atomic E-state index is -4.75. The van der Waals surface area contributed by atoms with Gasteiger partial charge < -0.3 is 4.74 Å². The summed E-state index contributed by atoms with van der Waals surface area (Å²) < 4.78 is 69.8. The van der Waals surface area contributed by atoms with Gasteiger partial charge in [-0.3, -0.25) is 0 Å². The molecule has 0 saturated carbocycles. The van der Waals surface area contributed by atoms with Gasteiger partial charge in [0.15, 0.2) is 15.5 Å². The lowest BCUT2D eigenvalue weighted by Crippen LogP contribution is -2.12. The van der Waals surface area contributed by atoms with E-state index in [-0.39, 0.29) is 27.5 Å². The normalized spacial score (nSPS) is 12.1. The van der Waals surface area contributed by atoms with Crippen molar-refractivity contribution >= 4 is 21.4 Å². The first-order valence-corrected chi connectivity index (χ1v) is 10.5. The molecular formula is C20H15ClF3NO3S. The highest BCUT2D eigenvalue weighted by molar-refractivity contribution is 7.90. The van der Waals surface area contributed by atoms with Crippen LogP contribution in [0.2, 0.25) is 5.02 Å². The summed E-state index contributed by atoms with van der Waals surface area (Å²) in [6, 6.07) is 12.9. The SMILES string of the molecule is COc1cc(-c2ccc(S(C)(=O)=O)cc2)c(-c2ccc(Cl)cc2)c(C(F)(F)F)n1. The van der Waals surface area contributed by atoms with Crippen LogP contribution in [-0.4, -0.2) is 26.8 Å². The van der Waals surface area contributed by atoms with Crippen LogP contribution in [0, 0.1) is 0 Å². The molecule has 3 aromatic rings. The first-order chi connectivity index (χ1) is 13.5. The van der Waals surface area contributed by atoms with Crippen molar-refractivity contribution in [2.45, 2.75) is 11.1 Å². The molecule has 0 aliphatic carbocycles. The zero-order valence-electron chi connectivity index (χ0n) is 15.3. The van der Waals surface area contributed by atoms with Crippen molar-refractivity contribution < 1.29 is 26.3 Å². The van der Waals surface area contributed by atoms with Crippen LogP contribution in [0.1, 0.15) is 5.69 Å². The van der Waals surface area contributed by atoms with Gasteiger partial charge >= 0.3 is 6.18 Å². The van der Waals surface area contributed by atoms with Gasteiger partial charge in [-0.15, -0.1) is 0 Å². The topological polar surface area (TPSA) is 56.3 Å². The largest absolute Gasteiger partial charge is 0.481 e. The maximum atomic E-state index is 13.8. The number of hydrogen-bond donors (Lipinski definition) is 0. The Morgan fingerprint density at radius 1 is 0.966 bits per heavy atom. The summed E-state index contributed by atoms with van der Waals surface area (Å²) in [5.74, 6) is -0.211. The zero-order chi connectivity index (χ0) is 21.4. The molecule has 0 atom stereocenters. The minimum absolute atomic E-state index is 0.0614. The number of aromatic nitrogens is 1. The van der Waals surface area contributed by atoms with Gasteiger partial charge in [0.25, 0.3) is 0 Å². The predicted molar refractivity (Wildman–Crippen MR) is 105 cm³/mol. The Bertz CT molecular complexity index is 1140. The maximum Gasteiger partial charge on any atom is 0.434 e. The van der Waals surface area contributed by atoms with Gasteiger partial charge in [0.1, 0.15) is 0 Å². The third-order valence-electron chi connectivity index (χ3n) is 4.20. The van der Waals surface area contributed by atoms with E-state index in [4.69, 9.17) is 16.3 Å². The number of pyridine rings is 1. The first kappa shape index (κ1) is 21.1.